The van der Waals surface area contributed by atoms with E-state index in [0.29, 0.717) is 11.8 Å². The molecule has 0 fully saturated rings. The van der Waals surface area contributed by atoms with Crippen LogP contribution in [0, 0.1) is 18.6 Å². The summed E-state index contributed by atoms with van der Waals surface area (Å²) in [5, 5.41) is 5.79. The molecule has 19 heavy (non-hydrogen) atoms. The van der Waals surface area contributed by atoms with E-state index >= 15 is 0 Å². The molecule has 0 radical (unpaired) electrons. The number of aromatic nitrogens is 2. The van der Waals surface area contributed by atoms with Crippen molar-refractivity contribution < 1.29 is 8.78 Å². The van der Waals surface area contributed by atoms with E-state index in [9.17, 15) is 8.78 Å². The molecule has 2 rings (SSSR count). The average Bonchev–Trinajstić information content (AvgIpc) is 2.41. The third-order valence-electron chi connectivity index (χ3n) is 2.65. The molecule has 0 spiro atoms. The number of benzene rings is 1. The molecule has 2 aromatic rings. The molecule has 0 atom stereocenters. The zero-order chi connectivity index (χ0) is 13.8. The van der Waals surface area contributed by atoms with Gasteiger partial charge in [-0.2, -0.15) is 4.98 Å². The Morgan fingerprint density at radius 2 is 2.05 bits per heavy atom. The monoisotopic (exact) mass is 264 g/mol. The molecule has 0 saturated heterocycles. The van der Waals surface area contributed by atoms with Crippen LogP contribution in [0.3, 0.4) is 0 Å². The van der Waals surface area contributed by atoms with Gasteiger partial charge in [-0.15, -0.1) is 0 Å². The van der Waals surface area contributed by atoms with Crippen molar-refractivity contribution >= 4 is 11.8 Å². The predicted molar refractivity (Wildman–Crippen MR) is 70.0 cm³/mol. The van der Waals surface area contributed by atoms with Crippen molar-refractivity contribution in [2.45, 2.75) is 13.5 Å². The quantitative estimate of drug-likeness (QED) is 0.891. The van der Waals surface area contributed by atoms with Gasteiger partial charge >= 0.3 is 0 Å². The van der Waals surface area contributed by atoms with Gasteiger partial charge in [-0.1, -0.05) is 0 Å². The molecule has 1 aromatic heterocycles. The van der Waals surface area contributed by atoms with Crippen LogP contribution in [-0.4, -0.2) is 17.0 Å². The molecular weight excluding hydrogens is 250 g/mol. The highest BCUT2D eigenvalue weighted by Crippen LogP contribution is 2.15. The SMILES string of the molecule is CNc1ncc(C)c(NCc2cc(F)ccc2F)n1. The first-order valence-corrected chi connectivity index (χ1v) is 5.79. The van der Waals surface area contributed by atoms with E-state index in [0.717, 1.165) is 23.8 Å². The maximum absolute atomic E-state index is 13.5. The van der Waals surface area contributed by atoms with Crippen molar-refractivity contribution in [3.8, 4) is 0 Å². The first-order valence-electron chi connectivity index (χ1n) is 5.79. The summed E-state index contributed by atoms with van der Waals surface area (Å²) in [7, 11) is 1.71. The second kappa shape index (κ2) is 5.60. The van der Waals surface area contributed by atoms with E-state index in [4.69, 9.17) is 0 Å². The molecule has 0 amide bonds. The molecule has 6 heteroatoms. The molecule has 0 unspecified atom stereocenters. The first-order chi connectivity index (χ1) is 9.10. The third-order valence-corrected chi connectivity index (χ3v) is 2.65. The number of nitrogens with zero attached hydrogens (tertiary/aromatic N) is 2. The molecule has 2 N–H and O–H groups in total. The van der Waals surface area contributed by atoms with Gasteiger partial charge in [0.1, 0.15) is 17.5 Å². The van der Waals surface area contributed by atoms with Crippen molar-refractivity contribution in [2.24, 2.45) is 0 Å². The summed E-state index contributed by atoms with van der Waals surface area (Å²) in [6.07, 6.45) is 1.66. The van der Waals surface area contributed by atoms with E-state index in [1.165, 1.54) is 0 Å². The van der Waals surface area contributed by atoms with Crippen LogP contribution in [0.5, 0.6) is 0 Å². The highest BCUT2D eigenvalue weighted by molar-refractivity contribution is 5.46. The van der Waals surface area contributed by atoms with Crippen LogP contribution in [0.4, 0.5) is 20.5 Å². The predicted octanol–water partition coefficient (Wildman–Crippen LogP) is 2.72. The van der Waals surface area contributed by atoms with Gasteiger partial charge in [0.25, 0.3) is 0 Å². The first kappa shape index (κ1) is 13.2. The van der Waals surface area contributed by atoms with Crippen LogP contribution in [-0.2, 0) is 6.54 Å². The number of anilines is 2. The molecular formula is C13H14F2N4. The lowest BCUT2D eigenvalue weighted by atomic mass is 10.2. The van der Waals surface area contributed by atoms with Gasteiger partial charge in [-0.3, -0.25) is 0 Å². The number of hydrogen-bond acceptors (Lipinski definition) is 4. The Morgan fingerprint density at radius 1 is 1.26 bits per heavy atom. The van der Waals surface area contributed by atoms with E-state index in [1.54, 1.807) is 13.2 Å². The highest BCUT2D eigenvalue weighted by atomic mass is 19.1. The van der Waals surface area contributed by atoms with E-state index in [-0.39, 0.29) is 12.1 Å². The zero-order valence-electron chi connectivity index (χ0n) is 10.7. The fraction of sp³-hybridized carbons (Fsp3) is 0.231. The van der Waals surface area contributed by atoms with Crippen molar-refractivity contribution in [1.82, 2.24) is 9.97 Å². The van der Waals surface area contributed by atoms with Gasteiger partial charge in [0.2, 0.25) is 5.95 Å². The van der Waals surface area contributed by atoms with Gasteiger partial charge < -0.3 is 10.6 Å². The normalized spacial score (nSPS) is 10.3. The fourth-order valence-electron chi connectivity index (χ4n) is 1.60. The second-order valence-electron chi connectivity index (χ2n) is 4.06. The number of hydrogen-bond donors (Lipinski definition) is 2. The summed E-state index contributed by atoms with van der Waals surface area (Å²) in [6.45, 7) is 1.99. The molecule has 100 valence electrons. The van der Waals surface area contributed by atoms with E-state index in [1.807, 2.05) is 6.92 Å². The van der Waals surface area contributed by atoms with Crippen molar-refractivity contribution in [1.29, 1.82) is 0 Å². The van der Waals surface area contributed by atoms with Crippen molar-refractivity contribution in [3.63, 3.8) is 0 Å². The van der Waals surface area contributed by atoms with Crippen LogP contribution in [0.1, 0.15) is 11.1 Å². The smallest absolute Gasteiger partial charge is 0.224 e. The molecule has 1 aromatic carbocycles. The fourth-order valence-corrected chi connectivity index (χ4v) is 1.60. The van der Waals surface area contributed by atoms with E-state index < -0.39 is 11.6 Å². The summed E-state index contributed by atoms with van der Waals surface area (Å²) >= 11 is 0. The van der Waals surface area contributed by atoms with Gasteiger partial charge in [-0.05, 0) is 25.1 Å². The Bertz CT molecular complexity index is 587. The summed E-state index contributed by atoms with van der Waals surface area (Å²) in [5.74, 6) is 0.138. The minimum atomic E-state index is -0.464. The summed E-state index contributed by atoms with van der Waals surface area (Å²) in [5.41, 5.74) is 1.08. The standard InChI is InChI=1S/C13H14F2N4/c1-8-6-18-13(16-2)19-12(8)17-7-9-5-10(14)3-4-11(9)15/h3-6H,7H2,1-2H3,(H2,16,17,18,19). The Hall–Kier alpha value is -2.24. The maximum atomic E-state index is 13.5. The maximum Gasteiger partial charge on any atom is 0.224 e. The third kappa shape index (κ3) is 3.15. The molecule has 0 aliphatic carbocycles. The second-order valence-corrected chi connectivity index (χ2v) is 4.06. The lowest BCUT2D eigenvalue weighted by Gasteiger charge is -2.10. The largest absolute Gasteiger partial charge is 0.365 e. The summed E-state index contributed by atoms with van der Waals surface area (Å²) in [6, 6.07) is 3.37. The molecule has 4 nitrogen and oxygen atoms in total. The molecule has 0 bridgehead atoms. The Morgan fingerprint density at radius 3 is 2.79 bits per heavy atom. The topological polar surface area (TPSA) is 49.8 Å². The Labute approximate surface area is 109 Å². The lowest BCUT2D eigenvalue weighted by Crippen LogP contribution is -2.07. The summed E-state index contributed by atoms with van der Waals surface area (Å²) < 4.78 is 26.5. The zero-order valence-corrected chi connectivity index (χ0v) is 10.7. The van der Waals surface area contributed by atoms with E-state index in [2.05, 4.69) is 20.6 Å². The number of nitrogens with one attached hydrogen (secondary N) is 2. The number of aryl methyl sites for hydroxylation is 1. The van der Waals surface area contributed by atoms with Crippen LogP contribution in [0.2, 0.25) is 0 Å². The highest BCUT2D eigenvalue weighted by Gasteiger charge is 2.06. The summed E-state index contributed by atoms with van der Waals surface area (Å²) in [4.78, 5) is 8.26. The van der Waals surface area contributed by atoms with Crippen LogP contribution >= 0.6 is 0 Å². The van der Waals surface area contributed by atoms with Gasteiger partial charge in [0.05, 0.1) is 0 Å². The Balaban J connectivity index is 2.16. The van der Waals surface area contributed by atoms with Gasteiger partial charge in [0.15, 0.2) is 0 Å². The number of rotatable bonds is 4. The molecule has 0 aliphatic heterocycles. The average molecular weight is 264 g/mol. The van der Waals surface area contributed by atoms with Gasteiger partial charge in [-0.25, -0.2) is 13.8 Å². The van der Waals surface area contributed by atoms with Gasteiger partial charge in [0, 0.05) is 30.9 Å². The Kier molecular flexibility index (Phi) is 3.89. The molecule has 1 heterocycles. The van der Waals surface area contributed by atoms with Crippen molar-refractivity contribution in [3.05, 3.63) is 47.2 Å². The van der Waals surface area contributed by atoms with Crippen LogP contribution < -0.4 is 10.6 Å². The number of halogens is 2. The minimum Gasteiger partial charge on any atom is -0.365 e. The van der Waals surface area contributed by atoms with Crippen LogP contribution in [0.15, 0.2) is 24.4 Å². The van der Waals surface area contributed by atoms with Crippen LogP contribution in [0.25, 0.3) is 0 Å². The minimum absolute atomic E-state index is 0.157. The molecule has 0 aliphatic rings. The molecule has 0 saturated carbocycles. The lowest BCUT2D eigenvalue weighted by molar-refractivity contribution is 0.587. The van der Waals surface area contributed by atoms with Crippen molar-refractivity contribution in [2.75, 3.05) is 17.7 Å².